The summed E-state index contributed by atoms with van der Waals surface area (Å²) in [6, 6.07) is -0.720. The minimum Gasteiger partial charge on any atom is -0.414 e. The third-order valence-corrected chi connectivity index (χ3v) is 22.9. The lowest BCUT2D eigenvalue weighted by molar-refractivity contribution is -0.0568. The first-order valence-corrected chi connectivity index (χ1v) is 27.8. The standard InChI is InChI=1S/C38H62N8O13SSi2/c1-23-18-45(29-17-25(41-42-40)26(20-47)56-29)34(50)43(31(23)48)13-15-54-16-14-44-32(49)24(2)19-46(35(44)51)33-30(58-62(11,12)37(6,7)8)38(27(39)22-60(52,53)59-38)28(57-33)21-55-61(9,10)36(3,4)5/h18-19,22,25-26,28-30,33,47H,13-17,20-21,39H2,1-12H3/t25?,26-,28+,29-,30-,33+,38+/m0/s1. The van der Waals surface area contributed by atoms with Crippen LogP contribution in [0.2, 0.25) is 36.3 Å². The molecule has 5 heterocycles. The van der Waals surface area contributed by atoms with Crippen molar-refractivity contribution in [2.24, 2.45) is 10.8 Å². The van der Waals surface area contributed by atoms with Crippen molar-refractivity contribution in [1.82, 2.24) is 18.3 Å². The molecule has 0 saturated carbocycles. The molecule has 3 aliphatic heterocycles. The number of nitrogens with zero attached hydrogens (tertiary/aromatic N) is 7. The van der Waals surface area contributed by atoms with Crippen molar-refractivity contribution in [3.8, 4) is 0 Å². The summed E-state index contributed by atoms with van der Waals surface area (Å²) >= 11 is 0. The van der Waals surface area contributed by atoms with E-state index in [9.17, 15) is 32.7 Å². The Hall–Kier alpha value is -3.69. The van der Waals surface area contributed by atoms with Crippen LogP contribution in [0.25, 0.3) is 10.4 Å². The number of aryl methyl sites for hydroxylation is 2. The molecule has 5 rings (SSSR count). The summed E-state index contributed by atoms with van der Waals surface area (Å²) in [6.07, 6.45) is -2.76. The van der Waals surface area contributed by atoms with Gasteiger partial charge in [0.15, 0.2) is 28.5 Å². The normalized spacial score (nSPS) is 26.6. The van der Waals surface area contributed by atoms with Crippen molar-refractivity contribution in [2.45, 2.75) is 154 Å². The van der Waals surface area contributed by atoms with Crippen LogP contribution in [0.3, 0.4) is 0 Å². The highest BCUT2D eigenvalue weighted by Gasteiger charge is 2.67. The number of hydrogen-bond acceptors (Lipinski definition) is 15. The average molecular weight is 927 g/mol. The van der Waals surface area contributed by atoms with E-state index in [1.807, 2.05) is 47.0 Å². The zero-order valence-corrected chi connectivity index (χ0v) is 40.4. The molecule has 346 valence electrons. The van der Waals surface area contributed by atoms with Crippen molar-refractivity contribution in [3.63, 3.8) is 0 Å². The molecule has 1 spiro atoms. The number of aliphatic hydroxyl groups is 1. The highest BCUT2D eigenvalue weighted by molar-refractivity contribution is 7.90. The number of nitrogens with two attached hydrogens (primary N) is 1. The second-order valence-electron chi connectivity index (χ2n) is 19.2. The lowest BCUT2D eigenvalue weighted by atomic mass is 9.89. The van der Waals surface area contributed by atoms with E-state index in [2.05, 4.69) is 30.8 Å². The maximum atomic E-state index is 14.5. The molecule has 0 bridgehead atoms. The molecule has 2 aromatic heterocycles. The summed E-state index contributed by atoms with van der Waals surface area (Å²) in [5.74, 6) is 0. The highest BCUT2D eigenvalue weighted by Crippen LogP contribution is 2.52. The lowest BCUT2D eigenvalue weighted by Crippen LogP contribution is -2.59. The van der Waals surface area contributed by atoms with E-state index in [0.29, 0.717) is 0 Å². The van der Waals surface area contributed by atoms with Gasteiger partial charge in [-0.2, -0.15) is 8.42 Å². The van der Waals surface area contributed by atoms with Gasteiger partial charge in [-0.3, -0.25) is 27.9 Å². The second-order valence-corrected chi connectivity index (χ2v) is 30.1. The lowest BCUT2D eigenvalue weighted by Gasteiger charge is -2.43. The maximum absolute atomic E-state index is 14.5. The Bertz CT molecular complexity index is 2460. The Morgan fingerprint density at radius 1 is 0.919 bits per heavy atom. The Morgan fingerprint density at radius 2 is 1.45 bits per heavy atom. The molecule has 2 saturated heterocycles. The SMILES string of the molecule is Cc1cn([C@@H]2CC(N=[N+]=[N-])[C@H](CO)O2)c(=O)n(CCOCCn2c(=O)c(C)cn([C@@H]3O[C@H](CO[Si](C)(C)C(C)(C)C)[C@@]4(OS(=O)(=O)C=C4N)[C@H]3O[Si](C)(C)C(C)(C)C)c2=O)c1=O. The Morgan fingerprint density at radius 3 is 1.94 bits per heavy atom. The van der Waals surface area contributed by atoms with Crippen molar-refractivity contribution in [1.29, 1.82) is 0 Å². The number of hydrogen-bond donors (Lipinski definition) is 2. The molecular weight excluding hydrogens is 865 g/mol. The van der Waals surface area contributed by atoms with Gasteiger partial charge in [-0.15, -0.1) is 0 Å². The molecule has 2 fully saturated rings. The molecule has 62 heavy (non-hydrogen) atoms. The van der Waals surface area contributed by atoms with Crippen LogP contribution in [0, 0.1) is 13.8 Å². The molecule has 21 nitrogen and oxygen atoms in total. The van der Waals surface area contributed by atoms with Gasteiger partial charge < -0.3 is 33.9 Å². The maximum Gasteiger partial charge on any atom is 0.333 e. The first-order chi connectivity index (χ1) is 28.5. The predicted octanol–water partition coefficient (Wildman–Crippen LogP) is 2.83. The van der Waals surface area contributed by atoms with Crippen LogP contribution in [0.15, 0.2) is 47.8 Å². The smallest absolute Gasteiger partial charge is 0.333 e. The van der Waals surface area contributed by atoms with E-state index in [1.165, 1.54) is 35.4 Å². The molecule has 1 unspecified atom stereocenters. The monoisotopic (exact) mass is 926 g/mol. The van der Waals surface area contributed by atoms with Crippen LogP contribution >= 0.6 is 0 Å². The van der Waals surface area contributed by atoms with Crippen molar-refractivity contribution in [2.75, 3.05) is 26.4 Å². The van der Waals surface area contributed by atoms with E-state index in [1.54, 1.807) is 0 Å². The zero-order chi connectivity index (χ0) is 46.5. The molecule has 3 aliphatic rings. The zero-order valence-electron chi connectivity index (χ0n) is 37.6. The van der Waals surface area contributed by atoms with Gasteiger partial charge in [0.05, 0.1) is 62.8 Å². The van der Waals surface area contributed by atoms with E-state index in [0.717, 1.165) is 14.5 Å². The van der Waals surface area contributed by atoms with Crippen LogP contribution in [0.5, 0.6) is 0 Å². The average Bonchev–Trinajstić information content (AvgIpc) is 3.78. The van der Waals surface area contributed by atoms with Crippen molar-refractivity contribution in [3.05, 3.63) is 86.7 Å². The molecule has 3 N–H and O–H groups in total. The summed E-state index contributed by atoms with van der Waals surface area (Å²) in [5, 5.41) is 13.6. The minimum absolute atomic E-state index is 0.101. The van der Waals surface area contributed by atoms with Crippen LogP contribution in [-0.2, 0) is 50.5 Å². The molecule has 0 aromatic carbocycles. The van der Waals surface area contributed by atoms with Gasteiger partial charge in [-0.05, 0) is 55.6 Å². The van der Waals surface area contributed by atoms with Gasteiger partial charge in [-0.25, -0.2) is 13.8 Å². The summed E-state index contributed by atoms with van der Waals surface area (Å²) in [6.45, 7) is 21.8. The van der Waals surface area contributed by atoms with Crippen LogP contribution in [-0.4, -0.2) is 105 Å². The van der Waals surface area contributed by atoms with Crippen LogP contribution in [0.4, 0.5) is 0 Å². The quantitative estimate of drug-likeness (QED) is 0.0650. The first kappa shape index (κ1) is 49.3. The molecule has 0 radical (unpaired) electrons. The topological polar surface area (TPSA) is 273 Å². The fraction of sp³-hybridized carbons (Fsp3) is 0.737. The van der Waals surface area contributed by atoms with E-state index in [4.69, 9.17) is 38.5 Å². The van der Waals surface area contributed by atoms with E-state index < -0.39 is 103 Å². The van der Waals surface area contributed by atoms with Crippen molar-refractivity contribution >= 4 is 26.8 Å². The highest BCUT2D eigenvalue weighted by atomic mass is 32.2. The summed E-state index contributed by atoms with van der Waals surface area (Å²) < 4.78 is 68.4. The Labute approximate surface area is 362 Å². The minimum atomic E-state index is -4.33. The fourth-order valence-corrected chi connectivity index (χ4v) is 10.7. The molecular formula is C38H62N8O13SSi2. The molecule has 0 aliphatic carbocycles. The van der Waals surface area contributed by atoms with Crippen LogP contribution < -0.4 is 28.2 Å². The Balaban J connectivity index is 1.45. The summed E-state index contributed by atoms with van der Waals surface area (Å²) in [5.41, 5.74) is 11.1. The summed E-state index contributed by atoms with van der Waals surface area (Å²) in [7, 11) is -9.65. The molecule has 24 heteroatoms. The number of aliphatic hydroxyl groups excluding tert-OH is 1. The van der Waals surface area contributed by atoms with E-state index in [-0.39, 0.29) is 61.2 Å². The number of azide groups is 1. The van der Waals surface area contributed by atoms with Gasteiger partial charge in [0, 0.05) is 34.9 Å². The van der Waals surface area contributed by atoms with Gasteiger partial charge in [0.25, 0.3) is 21.2 Å². The Kier molecular flexibility index (Phi) is 14.1. The predicted molar refractivity (Wildman–Crippen MR) is 233 cm³/mol. The molecule has 7 atom stereocenters. The molecule has 2 aromatic rings. The van der Waals surface area contributed by atoms with Crippen molar-refractivity contribution < 1.29 is 40.8 Å². The fourth-order valence-electron chi connectivity index (χ4n) is 7.17. The van der Waals surface area contributed by atoms with Crippen LogP contribution in [0.1, 0.15) is 71.5 Å². The third kappa shape index (κ3) is 9.41. The largest absolute Gasteiger partial charge is 0.414 e. The first-order valence-electron chi connectivity index (χ1n) is 20.5. The van der Waals surface area contributed by atoms with Gasteiger partial charge in [-0.1, -0.05) is 46.7 Å². The van der Waals surface area contributed by atoms with Gasteiger partial charge in [0.2, 0.25) is 0 Å². The van der Waals surface area contributed by atoms with E-state index >= 15 is 0 Å². The number of rotatable bonds is 15. The number of ether oxygens (including phenoxy) is 3. The van der Waals surface area contributed by atoms with Gasteiger partial charge in [0.1, 0.15) is 18.4 Å². The second kappa shape index (κ2) is 17.7. The summed E-state index contributed by atoms with van der Waals surface area (Å²) in [4.78, 5) is 57.4. The molecule has 0 amide bonds. The number of aromatic nitrogens is 4. The van der Waals surface area contributed by atoms with Gasteiger partial charge >= 0.3 is 11.4 Å². The third-order valence-electron chi connectivity index (χ3n) is 12.9.